The summed E-state index contributed by atoms with van der Waals surface area (Å²) in [5, 5.41) is 2.44. The van der Waals surface area contributed by atoms with Crippen molar-refractivity contribution in [1.29, 1.82) is 0 Å². The minimum absolute atomic E-state index is 0.285. The molecule has 3 aromatic rings. The number of carbonyl (C=O) groups is 1. The quantitative estimate of drug-likeness (QED) is 0.536. The van der Waals surface area contributed by atoms with Crippen molar-refractivity contribution in [1.82, 2.24) is 0 Å². The first kappa shape index (κ1) is 16.2. The highest BCUT2D eigenvalue weighted by Gasteiger charge is 2.17. The maximum absolute atomic E-state index is 12.0. The van der Waals surface area contributed by atoms with Gasteiger partial charge in [-0.25, -0.2) is 9.36 Å². The smallest absolute Gasteiger partial charge is 0.338 e. The molecule has 0 amide bonds. The predicted octanol–water partition coefficient (Wildman–Crippen LogP) is 4.13. The van der Waals surface area contributed by atoms with Gasteiger partial charge in [-0.3, -0.25) is 0 Å². The van der Waals surface area contributed by atoms with Crippen LogP contribution in [0.15, 0.2) is 67.0 Å². The van der Waals surface area contributed by atoms with E-state index in [2.05, 4.69) is 35.2 Å². The molecule has 0 radical (unpaired) electrons. The van der Waals surface area contributed by atoms with E-state index in [4.69, 9.17) is 4.74 Å². The van der Waals surface area contributed by atoms with Crippen LogP contribution in [0.1, 0.15) is 36.7 Å². The molecule has 0 bridgehead atoms. The van der Waals surface area contributed by atoms with E-state index in [1.165, 1.54) is 10.8 Å². The number of aromatic nitrogens is 1. The van der Waals surface area contributed by atoms with Crippen molar-refractivity contribution in [2.45, 2.75) is 32.9 Å². The fourth-order valence-corrected chi connectivity index (χ4v) is 2.57. The molecule has 122 valence electrons. The molecule has 0 saturated heterocycles. The first-order valence-electron chi connectivity index (χ1n) is 8.11. The van der Waals surface area contributed by atoms with Crippen LogP contribution in [-0.4, -0.2) is 11.6 Å². The average molecular weight is 320 g/mol. The Kier molecular flexibility index (Phi) is 4.34. The standard InChI is InChI=1S/C21H22NO2/c1-21(2,3)24-20(23)18-10-8-16(9-11-18)14-22-13-12-17-6-4-5-7-19(17)15-22/h4-13,15H,14H2,1-3H3/q+1. The summed E-state index contributed by atoms with van der Waals surface area (Å²) in [6.45, 7) is 6.38. The number of ether oxygens (including phenoxy) is 1. The van der Waals surface area contributed by atoms with Crippen molar-refractivity contribution in [2.75, 3.05) is 0 Å². The molecule has 0 aliphatic rings. The zero-order chi connectivity index (χ0) is 17.2. The number of hydrogen-bond acceptors (Lipinski definition) is 2. The number of rotatable bonds is 3. The van der Waals surface area contributed by atoms with Gasteiger partial charge in [-0.2, -0.15) is 0 Å². The first-order chi connectivity index (χ1) is 11.4. The predicted molar refractivity (Wildman–Crippen MR) is 94.9 cm³/mol. The van der Waals surface area contributed by atoms with Gasteiger partial charge in [0, 0.05) is 17.0 Å². The molecule has 0 spiro atoms. The van der Waals surface area contributed by atoms with Gasteiger partial charge in [0.1, 0.15) is 5.60 Å². The molecule has 3 heteroatoms. The lowest BCUT2D eigenvalue weighted by Crippen LogP contribution is -2.33. The van der Waals surface area contributed by atoms with Crippen LogP contribution in [0, 0.1) is 0 Å². The summed E-state index contributed by atoms with van der Waals surface area (Å²) in [5.74, 6) is -0.285. The van der Waals surface area contributed by atoms with Gasteiger partial charge in [-0.05, 0) is 44.4 Å². The third-order valence-electron chi connectivity index (χ3n) is 3.70. The Balaban J connectivity index is 1.74. The SMILES string of the molecule is CC(C)(C)OC(=O)c1ccc(C[n+]2ccc3ccccc3c2)cc1. The second-order valence-electron chi connectivity index (χ2n) is 6.94. The number of nitrogens with zero attached hydrogens (tertiary/aromatic N) is 1. The number of esters is 1. The Morgan fingerprint density at radius 2 is 1.62 bits per heavy atom. The van der Waals surface area contributed by atoms with Crippen molar-refractivity contribution < 1.29 is 14.1 Å². The van der Waals surface area contributed by atoms with Crippen molar-refractivity contribution in [2.24, 2.45) is 0 Å². The molecule has 1 heterocycles. The highest BCUT2D eigenvalue weighted by Crippen LogP contribution is 2.13. The average Bonchev–Trinajstić information content (AvgIpc) is 2.54. The molecule has 0 aliphatic heterocycles. The Morgan fingerprint density at radius 1 is 0.958 bits per heavy atom. The molecular formula is C21H22NO2+. The monoisotopic (exact) mass is 320 g/mol. The lowest BCUT2D eigenvalue weighted by molar-refractivity contribution is -0.687. The van der Waals surface area contributed by atoms with Crippen LogP contribution in [0.2, 0.25) is 0 Å². The van der Waals surface area contributed by atoms with Crippen LogP contribution in [-0.2, 0) is 11.3 Å². The molecule has 24 heavy (non-hydrogen) atoms. The van der Waals surface area contributed by atoms with Crippen LogP contribution in [0.5, 0.6) is 0 Å². The van der Waals surface area contributed by atoms with Crippen molar-refractivity contribution >= 4 is 16.7 Å². The van der Waals surface area contributed by atoms with Crippen LogP contribution in [0.25, 0.3) is 10.8 Å². The van der Waals surface area contributed by atoms with Crippen LogP contribution in [0.4, 0.5) is 0 Å². The Labute approximate surface area is 142 Å². The molecule has 0 saturated carbocycles. The number of pyridine rings is 1. The lowest BCUT2D eigenvalue weighted by atomic mass is 10.1. The van der Waals surface area contributed by atoms with E-state index < -0.39 is 5.60 Å². The third-order valence-corrected chi connectivity index (χ3v) is 3.70. The molecule has 2 aromatic carbocycles. The van der Waals surface area contributed by atoms with Gasteiger partial charge in [0.2, 0.25) is 0 Å². The fourth-order valence-electron chi connectivity index (χ4n) is 2.57. The Hall–Kier alpha value is -2.68. The summed E-state index contributed by atoms with van der Waals surface area (Å²) in [4.78, 5) is 12.0. The van der Waals surface area contributed by atoms with Gasteiger partial charge in [0.15, 0.2) is 18.9 Å². The molecule has 1 aromatic heterocycles. The van der Waals surface area contributed by atoms with Gasteiger partial charge in [-0.1, -0.05) is 30.3 Å². The van der Waals surface area contributed by atoms with E-state index in [1.54, 1.807) is 0 Å². The summed E-state index contributed by atoms with van der Waals surface area (Å²) in [7, 11) is 0. The summed E-state index contributed by atoms with van der Waals surface area (Å²) in [5.41, 5.74) is 1.25. The highest BCUT2D eigenvalue weighted by atomic mass is 16.6. The van der Waals surface area contributed by atoms with E-state index in [9.17, 15) is 4.79 Å². The number of carbonyl (C=O) groups excluding carboxylic acids is 1. The zero-order valence-electron chi connectivity index (χ0n) is 14.3. The van der Waals surface area contributed by atoms with Crippen LogP contribution >= 0.6 is 0 Å². The van der Waals surface area contributed by atoms with Gasteiger partial charge in [-0.15, -0.1) is 0 Å². The zero-order valence-corrected chi connectivity index (χ0v) is 14.3. The maximum Gasteiger partial charge on any atom is 0.338 e. The molecule has 0 fully saturated rings. The van der Waals surface area contributed by atoms with Crippen molar-refractivity contribution in [3.63, 3.8) is 0 Å². The lowest BCUT2D eigenvalue weighted by Gasteiger charge is -2.19. The van der Waals surface area contributed by atoms with Crippen LogP contribution in [0.3, 0.4) is 0 Å². The highest BCUT2D eigenvalue weighted by molar-refractivity contribution is 5.89. The third kappa shape index (κ3) is 3.99. The summed E-state index contributed by atoms with van der Waals surface area (Å²) in [6.07, 6.45) is 4.21. The van der Waals surface area contributed by atoms with Crippen molar-refractivity contribution in [3.8, 4) is 0 Å². The molecular weight excluding hydrogens is 298 g/mol. The van der Waals surface area contributed by atoms with Crippen LogP contribution < -0.4 is 4.57 Å². The normalized spacial score (nSPS) is 11.5. The van der Waals surface area contributed by atoms with Gasteiger partial charge in [0.25, 0.3) is 0 Å². The van der Waals surface area contributed by atoms with Gasteiger partial charge < -0.3 is 4.74 Å². The Bertz CT molecular complexity index is 861. The summed E-state index contributed by atoms with van der Waals surface area (Å²) in [6, 6.07) is 18.0. The summed E-state index contributed by atoms with van der Waals surface area (Å²) < 4.78 is 7.53. The summed E-state index contributed by atoms with van der Waals surface area (Å²) >= 11 is 0. The molecule has 0 atom stereocenters. The minimum Gasteiger partial charge on any atom is -0.456 e. The minimum atomic E-state index is -0.475. The molecule has 3 nitrogen and oxygen atoms in total. The maximum atomic E-state index is 12.0. The number of fused-ring (bicyclic) bond motifs is 1. The first-order valence-corrected chi connectivity index (χ1v) is 8.11. The molecule has 0 unspecified atom stereocenters. The topological polar surface area (TPSA) is 30.2 Å². The largest absolute Gasteiger partial charge is 0.456 e. The second-order valence-corrected chi connectivity index (χ2v) is 6.94. The van der Waals surface area contributed by atoms with E-state index in [-0.39, 0.29) is 5.97 Å². The number of hydrogen-bond donors (Lipinski definition) is 0. The fraction of sp³-hybridized carbons (Fsp3) is 0.238. The molecule has 0 aliphatic carbocycles. The van der Waals surface area contributed by atoms with E-state index in [0.29, 0.717) is 5.56 Å². The van der Waals surface area contributed by atoms with E-state index >= 15 is 0 Å². The second kappa shape index (κ2) is 6.44. The van der Waals surface area contributed by atoms with Crippen molar-refractivity contribution in [3.05, 3.63) is 78.1 Å². The van der Waals surface area contributed by atoms with E-state index in [0.717, 1.165) is 12.1 Å². The van der Waals surface area contributed by atoms with E-state index in [1.807, 2.05) is 57.2 Å². The van der Waals surface area contributed by atoms with Gasteiger partial charge in [0.05, 0.1) is 5.56 Å². The Morgan fingerprint density at radius 3 is 2.29 bits per heavy atom. The van der Waals surface area contributed by atoms with Gasteiger partial charge >= 0.3 is 5.97 Å². The molecule has 3 rings (SSSR count). The molecule has 0 N–H and O–H groups in total. The number of benzene rings is 2.